The zero-order valence-corrected chi connectivity index (χ0v) is 16.5. The Hall–Kier alpha value is -1.39. The number of benzene rings is 1. The van der Waals surface area contributed by atoms with Crippen LogP contribution in [0.5, 0.6) is 0 Å². The average molecular weight is 370 g/mol. The molecule has 0 amide bonds. The lowest BCUT2D eigenvalue weighted by Gasteiger charge is -2.51. The second-order valence-electron chi connectivity index (χ2n) is 9.78. The van der Waals surface area contributed by atoms with E-state index >= 15 is 0 Å². The van der Waals surface area contributed by atoms with Gasteiger partial charge in [-0.2, -0.15) is 0 Å². The Balaban J connectivity index is 1.31. The van der Waals surface area contributed by atoms with Crippen LogP contribution in [0.15, 0.2) is 30.3 Å². The van der Waals surface area contributed by atoms with Crippen LogP contribution in [0.3, 0.4) is 0 Å². The van der Waals surface area contributed by atoms with Crippen LogP contribution in [-0.2, 0) is 20.8 Å². The number of rotatable bonds is 4. The predicted molar refractivity (Wildman–Crippen MR) is 103 cm³/mol. The van der Waals surface area contributed by atoms with Crippen molar-refractivity contribution in [2.45, 2.75) is 57.3 Å². The Labute approximate surface area is 162 Å². The normalized spacial score (nSPS) is 42.7. The molecule has 4 fully saturated rings. The van der Waals surface area contributed by atoms with E-state index in [1.165, 1.54) is 24.8 Å². The number of nitrogens with zero attached hydrogens (tertiary/aromatic N) is 1. The van der Waals surface area contributed by atoms with Gasteiger partial charge in [-0.3, -0.25) is 4.79 Å². The quantitative estimate of drug-likeness (QED) is 0.600. The van der Waals surface area contributed by atoms with E-state index < -0.39 is 0 Å². The van der Waals surface area contributed by atoms with E-state index in [0.717, 1.165) is 32.5 Å². The second-order valence-corrected chi connectivity index (χ2v) is 9.78. The number of ether oxygens (including phenoxy) is 2. The Kier molecular flexibility index (Phi) is 4.14. The molecule has 146 valence electrons. The second kappa shape index (κ2) is 6.31. The van der Waals surface area contributed by atoms with E-state index in [1.807, 2.05) is 6.07 Å². The fourth-order valence-electron chi connectivity index (χ4n) is 6.46. The van der Waals surface area contributed by atoms with Gasteiger partial charge in [-0.05, 0) is 56.0 Å². The summed E-state index contributed by atoms with van der Waals surface area (Å²) in [6.07, 6.45) is 5.94. The Morgan fingerprint density at radius 2 is 2.00 bits per heavy atom. The summed E-state index contributed by atoms with van der Waals surface area (Å²) < 4.78 is 11.9. The maximum atomic E-state index is 12.7. The lowest BCUT2D eigenvalue weighted by molar-refractivity contribution is -0.147. The first-order chi connectivity index (χ1) is 13.0. The molecule has 27 heavy (non-hydrogen) atoms. The molecule has 0 bridgehead atoms. The molecule has 5 rings (SSSR count). The van der Waals surface area contributed by atoms with Crippen molar-refractivity contribution in [1.82, 2.24) is 4.90 Å². The van der Waals surface area contributed by atoms with E-state index in [2.05, 4.69) is 43.1 Å². The molecule has 4 aliphatic rings. The summed E-state index contributed by atoms with van der Waals surface area (Å²) in [6.45, 7) is 5.00. The van der Waals surface area contributed by atoms with Crippen molar-refractivity contribution in [3.63, 3.8) is 0 Å². The Morgan fingerprint density at radius 1 is 1.22 bits per heavy atom. The van der Waals surface area contributed by atoms with Crippen molar-refractivity contribution in [3.05, 3.63) is 35.9 Å². The molecule has 4 heteroatoms. The molecule has 2 aliphatic carbocycles. The van der Waals surface area contributed by atoms with Crippen molar-refractivity contribution in [2.24, 2.45) is 23.2 Å². The number of esters is 1. The zero-order chi connectivity index (χ0) is 18.6. The molecule has 1 aromatic carbocycles. The molecule has 1 aromatic rings. The molecule has 4 nitrogen and oxygen atoms in total. The van der Waals surface area contributed by atoms with Crippen LogP contribution in [0.2, 0.25) is 0 Å². The van der Waals surface area contributed by atoms with Gasteiger partial charge in [0.15, 0.2) is 0 Å². The van der Waals surface area contributed by atoms with Gasteiger partial charge in [-0.15, -0.1) is 0 Å². The lowest BCUT2D eigenvalue weighted by Crippen LogP contribution is -2.51. The SMILES string of the molecule is CN(Cc1ccccc1)C[C@H]1C(=O)O[C@@H]2C[C@@]3(C)CCC[C@]4(CO4)[C@@H]3C[C@H]21. The number of hydrogen-bond donors (Lipinski definition) is 0. The van der Waals surface area contributed by atoms with Crippen molar-refractivity contribution >= 4 is 5.97 Å². The molecule has 0 N–H and O–H groups in total. The van der Waals surface area contributed by atoms with Crippen LogP contribution in [0, 0.1) is 23.2 Å². The minimum atomic E-state index is 0.00555. The maximum absolute atomic E-state index is 12.7. The van der Waals surface area contributed by atoms with Gasteiger partial charge in [0.1, 0.15) is 6.10 Å². The first kappa shape index (κ1) is 17.7. The highest BCUT2D eigenvalue weighted by Gasteiger charge is 2.65. The molecule has 1 spiro atoms. The van der Waals surface area contributed by atoms with Crippen LogP contribution in [0.1, 0.15) is 44.6 Å². The number of hydrogen-bond acceptors (Lipinski definition) is 4. The smallest absolute Gasteiger partial charge is 0.310 e. The average Bonchev–Trinajstić information content (AvgIpc) is 3.34. The van der Waals surface area contributed by atoms with Crippen molar-refractivity contribution in [1.29, 1.82) is 0 Å². The molecule has 2 saturated heterocycles. The third-order valence-corrected chi connectivity index (χ3v) is 7.88. The van der Waals surface area contributed by atoms with Gasteiger partial charge in [0.2, 0.25) is 0 Å². The molecular weight excluding hydrogens is 338 g/mol. The van der Waals surface area contributed by atoms with Gasteiger partial charge in [0.25, 0.3) is 0 Å². The van der Waals surface area contributed by atoms with E-state index in [-0.39, 0.29) is 29.0 Å². The largest absolute Gasteiger partial charge is 0.462 e. The number of carbonyl (C=O) groups excluding carboxylic acids is 1. The van der Waals surface area contributed by atoms with E-state index in [1.54, 1.807) is 0 Å². The molecule has 6 atom stereocenters. The highest BCUT2D eigenvalue weighted by Crippen LogP contribution is 2.62. The van der Waals surface area contributed by atoms with E-state index in [0.29, 0.717) is 11.8 Å². The zero-order valence-electron chi connectivity index (χ0n) is 16.5. The molecule has 2 saturated carbocycles. The molecule has 0 aromatic heterocycles. The minimum Gasteiger partial charge on any atom is -0.462 e. The molecule has 2 aliphatic heterocycles. The highest BCUT2D eigenvalue weighted by molar-refractivity contribution is 5.75. The molecule has 0 unspecified atom stereocenters. The summed E-state index contributed by atoms with van der Waals surface area (Å²) in [4.78, 5) is 15.0. The van der Waals surface area contributed by atoms with Crippen LogP contribution in [-0.4, -0.2) is 42.8 Å². The topological polar surface area (TPSA) is 42.1 Å². The predicted octanol–water partition coefficient (Wildman–Crippen LogP) is 3.65. The van der Waals surface area contributed by atoms with Gasteiger partial charge in [0.05, 0.1) is 18.1 Å². The van der Waals surface area contributed by atoms with Gasteiger partial charge in [0, 0.05) is 19.0 Å². The monoisotopic (exact) mass is 369 g/mol. The van der Waals surface area contributed by atoms with Crippen LogP contribution in [0.25, 0.3) is 0 Å². The standard InChI is InChI=1S/C23H31NO3/c1-22-9-6-10-23(15-26-23)20(22)11-17-18(21(25)27-19(17)12-22)14-24(2)13-16-7-4-3-5-8-16/h3-5,7-8,17-20H,6,9-15H2,1-2H3/t17-,18+,19+,20+,22+,23-/m0/s1. The summed E-state index contributed by atoms with van der Waals surface area (Å²) in [6, 6.07) is 10.5. The third kappa shape index (κ3) is 3.01. The number of epoxide rings is 1. The van der Waals surface area contributed by atoms with Crippen LogP contribution < -0.4 is 0 Å². The van der Waals surface area contributed by atoms with Gasteiger partial charge in [-0.1, -0.05) is 37.3 Å². The van der Waals surface area contributed by atoms with Crippen LogP contribution in [0.4, 0.5) is 0 Å². The fourth-order valence-corrected chi connectivity index (χ4v) is 6.46. The number of carbonyl (C=O) groups is 1. The minimum absolute atomic E-state index is 0.00555. The van der Waals surface area contributed by atoms with Crippen molar-refractivity contribution < 1.29 is 14.3 Å². The van der Waals surface area contributed by atoms with E-state index in [9.17, 15) is 4.79 Å². The summed E-state index contributed by atoms with van der Waals surface area (Å²) in [7, 11) is 2.12. The van der Waals surface area contributed by atoms with Crippen molar-refractivity contribution in [2.75, 3.05) is 20.2 Å². The molecule has 2 heterocycles. The first-order valence-corrected chi connectivity index (χ1v) is 10.6. The molecular formula is C23H31NO3. The van der Waals surface area contributed by atoms with E-state index in [4.69, 9.17) is 9.47 Å². The van der Waals surface area contributed by atoms with Gasteiger partial charge < -0.3 is 14.4 Å². The Bertz CT molecular complexity index is 716. The summed E-state index contributed by atoms with van der Waals surface area (Å²) in [5.41, 5.74) is 1.70. The van der Waals surface area contributed by atoms with Gasteiger partial charge in [-0.25, -0.2) is 0 Å². The summed E-state index contributed by atoms with van der Waals surface area (Å²) in [5.74, 6) is 0.980. The number of fused-ring (bicyclic) bond motifs is 3. The van der Waals surface area contributed by atoms with Gasteiger partial charge >= 0.3 is 5.97 Å². The third-order valence-electron chi connectivity index (χ3n) is 7.88. The van der Waals surface area contributed by atoms with Crippen molar-refractivity contribution in [3.8, 4) is 0 Å². The highest BCUT2D eigenvalue weighted by atomic mass is 16.6. The lowest BCUT2D eigenvalue weighted by atomic mass is 9.53. The fraction of sp³-hybridized carbons (Fsp3) is 0.696. The summed E-state index contributed by atoms with van der Waals surface area (Å²) in [5, 5.41) is 0. The summed E-state index contributed by atoms with van der Waals surface area (Å²) >= 11 is 0. The maximum Gasteiger partial charge on any atom is 0.310 e. The van der Waals surface area contributed by atoms with Crippen LogP contribution >= 0.6 is 0 Å². The first-order valence-electron chi connectivity index (χ1n) is 10.6. The molecule has 0 radical (unpaired) electrons. The Morgan fingerprint density at radius 3 is 2.74 bits per heavy atom.